The molecule has 1 heterocycles. The number of thioether (sulfide) groups is 1. The average molecular weight is 394 g/mol. The zero-order valence-electron chi connectivity index (χ0n) is 13.9. The van der Waals surface area contributed by atoms with Crippen LogP contribution in [0.15, 0.2) is 41.3 Å². The molecule has 0 saturated carbocycles. The largest absolute Gasteiger partial charge is 0.497 e. The number of hydrogen-bond donors (Lipinski definition) is 1. The van der Waals surface area contributed by atoms with Crippen LogP contribution in [0.1, 0.15) is 12.8 Å². The number of carbonyl (C=O) groups is 1. The number of carbonyl (C=O) groups excluding carboxylic acids is 1. The summed E-state index contributed by atoms with van der Waals surface area (Å²) in [5, 5.41) is 2.92. The summed E-state index contributed by atoms with van der Waals surface area (Å²) in [7, 11) is 1.62. The molecular weight excluding hydrogens is 378 g/mol. The topological polar surface area (TPSA) is 51.2 Å². The van der Waals surface area contributed by atoms with Crippen molar-refractivity contribution in [2.24, 2.45) is 0 Å². The standard InChI is InChI=1S/C18H16F2N2O2S2/c1-24-12-4-6-13(7-5-12)25-8-2-3-16(23)21-18-22-17-14(20)9-11(19)10-15(17)26-18/h4-7,9-10H,2-3,8H2,1H3,(H,21,22,23). The molecule has 3 aromatic rings. The van der Waals surface area contributed by atoms with E-state index < -0.39 is 11.6 Å². The summed E-state index contributed by atoms with van der Waals surface area (Å²) < 4.78 is 32.3. The molecule has 3 rings (SSSR count). The van der Waals surface area contributed by atoms with Gasteiger partial charge in [-0.3, -0.25) is 4.79 Å². The van der Waals surface area contributed by atoms with Crippen LogP contribution in [0.25, 0.3) is 10.2 Å². The lowest BCUT2D eigenvalue weighted by atomic mass is 10.3. The van der Waals surface area contributed by atoms with Gasteiger partial charge < -0.3 is 10.1 Å². The molecule has 1 aromatic heterocycles. The third-order valence-corrected chi connectivity index (χ3v) is 5.55. The van der Waals surface area contributed by atoms with Gasteiger partial charge >= 0.3 is 0 Å². The van der Waals surface area contributed by atoms with Gasteiger partial charge in [-0.05, 0) is 42.5 Å². The maximum absolute atomic E-state index is 13.6. The molecule has 8 heteroatoms. The first kappa shape index (κ1) is 18.6. The highest BCUT2D eigenvalue weighted by atomic mass is 32.2. The number of methoxy groups -OCH3 is 1. The highest BCUT2D eigenvalue weighted by Gasteiger charge is 2.12. The number of thiazole rings is 1. The van der Waals surface area contributed by atoms with Crippen molar-refractivity contribution in [3.8, 4) is 5.75 Å². The predicted molar refractivity (Wildman–Crippen MR) is 101 cm³/mol. The Morgan fingerprint density at radius 2 is 2.04 bits per heavy atom. The van der Waals surface area contributed by atoms with E-state index in [9.17, 15) is 13.6 Å². The molecule has 26 heavy (non-hydrogen) atoms. The van der Waals surface area contributed by atoms with Crippen molar-refractivity contribution in [1.82, 2.24) is 4.98 Å². The van der Waals surface area contributed by atoms with E-state index in [0.29, 0.717) is 17.5 Å². The summed E-state index contributed by atoms with van der Waals surface area (Å²) in [6, 6.07) is 9.71. The van der Waals surface area contributed by atoms with Crippen molar-refractivity contribution >= 4 is 44.4 Å². The lowest BCUT2D eigenvalue weighted by Crippen LogP contribution is -2.11. The zero-order chi connectivity index (χ0) is 18.5. The summed E-state index contributed by atoms with van der Waals surface area (Å²) in [6.07, 6.45) is 1.02. The Labute approximate surface area is 157 Å². The monoisotopic (exact) mass is 394 g/mol. The molecule has 0 aliphatic heterocycles. The third kappa shape index (κ3) is 4.70. The number of aromatic nitrogens is 1. The summed E-state index contributed by atoms with van der Waals surface area (Å²) in [5.74, 6) is 0.0141. The molecule has 1 amide bonds. The second-order valence-corrected chi connectivity index (χ2v) is 7.63. The Balaban J connectivity index is 1.47. The number of rotatable bonds is 7. The normalized spacial score (nSPS) is 10.9. The number of nitrogens with zero attached hydrogens (tertiary/aromatic N) is 1. The van der Waals surface area contributed by atoms with E-state index in [0.717, 1.165) is 33.8 Å². The number of hydrogen-bond acceptors (Lipinski definition) is 5. The van der Waals surface area contributed by atoms with Gasteiger partial charge in [-0.2, -0.15) is 0 Å². The average Bonchev–Trinajstić information content (AvgIpc) is 3.02. The van der Waals surface area contributed by atoms with Crippen LogP contribution in [0.5, 0.6) is 5.75 Å². The maximum atomic E-state index is 13.6. The number of ether oxygens (including phenoxy) is 1. The molecule has 0 unspecified atom stereocenters. The first-order valence-corrected chi connectivity index (χ1v) is 9.67. The molecule has 4 nitrogen and oxygen atoms in total. The number of fused-ring (bicyclic) bond motifs is 1. The SMILES string of the molecule is COc1ccc(SCCCC(=O)Nc2nc3c(F)cc(F)cc3s2)cc1. The third-order valence-electron chi connectivity index (χ3n) is 3.54. The molecule has 0 aliphatic carbocycles. The van der Waals surface area contributed by atoms with Gasteiger partial charge in [0.15, 0.2) is 10.9 Å². The maximum Gasteiger partial charge on any atom is 0.226 e. The first-order valence-electron chi connectivity index (χ1n) is 7.87. The number of anilines is 1. The van der Waals surface area contributed by atoms with Gasteiger partial charge in [0.05, 0.1) is 11.8 Å². The van der Waals surface area contributed by atoms with Crippen LogP contribution >= 0.6 is 23.1 Å². The van der Waals surface area contributed by atoms with E-state index in [4.69, 9.17) is 4.74 Å². The van der Waals surface area contributed by atoms with Gasteiger partial charge in [0.25, 0.3) is 0 Å². The van der Waals surface area contributed by atoms with Crippen molar-refractivity contribution in [1.29, 1.82) is 0 Å². The lowest BCUT2D eigenvalue weighted by molar-refractivity contribution is -0.116. The van der Waals surface area contributed by atoms with Crippen LogP contribution in [-0.4, -0.2) is 23.8 Å². The number of nitrogens with one attached hydrogen (secondary N) is 1. The van der Waals surface area contributed by atoms with Crippen LogP contribution in [0, 0.1) is 11.6 Å². The summed E-state index contributed by atoms with van der Waals surface area (Å²) in [5.41, 5.74) is 0.0711. The molecule has 0 atom stereocenters. The van der Waals surface area contributed by atoms with Gasteiger partial charge in [-0.25, -0.2) is 13.8 Å². The van der Waals surface area contributed by atoms with Gasteiger partial charge in [-0.15, -0.1) is 11.8 Å². The van der Waals surface area contributed by atoms with Crippen molar-refractivity contribution in [3.63, 3.8) is 0 Å². The highest BCUT2D eigenvalue weighted by Crippen LogP contribution is 2.29. The Kier molecular flexibility index (Phi) is 6.05. The minimum Gasteiger partial charge on any atom is -0.497 e. The van der Waals surface area contributed by atoms with Crippen LogP contribution in [0.2, 0.25) is 0 Å². The van der Waals surface area contributed by atoms with Crippen LogP contribution < -0.4 is 10.1 Å². The van der Waals surface area contributed by atoms with Gasteiger partial charge in [0.2, 0.25) is 5.91 Å². The van der Waals surface area contributed by atoms with Crippen molar-refractivity contribution < 1.29 is 18.3 Å². The molecular formula is C18H16F2N2O2S2. The molecule has 0 spiro atoms. The Morgan fingerprint density at radius 1 is 1.27 bits per heavy atom. The highest BCUT2D eigenvalue weighted by molar-refractivity contribution is 7.99. The van der Waals surface area contributed by atoms with E-state index in [1.165, 1.54) is 6.07 Å². The second kappa shape index (κ2) is 8.46. The number of halogens is 2. The molecule has 136 valence electrons. The predicted octanol–water partition coefficient (Wildman–Crippen LogP) is 5.09. The summed E-state index contributed by atoms with van der Waals surface area (Å²) in [4.78, 5) is 17.1. The molecule has 2 aromatic carbocycles. The Morgan fingerprint density at radius 3 is 2.77 bits per heavy atom. The van der Waals surface area contributed by atoms with Crippen LogP contribution in [-0.2, 0) is 4.79 Å². The van der Waals surface area contributed by atoms with E-state index in [1.807, 2.05) is 24.3 Å². The summed E-state index contributed by atoms with van der Waals surface area (Å²) in [6.45, 7) is 0. The van der Waals surface area contributed by atoms with Crippen LogP contribution in [0.4, 0.5) is 13.9 Å². The van der Waals surface area contributed by atoms with Crippen LogP contribution in [0.3, 0.4) is 0 Å². The molecule has 0 aliphatic rings. The zero-order valence-corrected chi connectivity index (χ0v) is 15.6. The Bertz CT molecular complexity index is 913. The Hall–Kier alpha value is -2.19. The summed E-state index contributed by atoms with van der Waals surface area (Å²) >= 11 is 2.71. The number of benzene rings is 2. The van der Waals surface area contributed by atoms with E-state index in [2.05, 4.69) is 10.3 Å². The first-order chi connectivity index (χ1) is 12.5. The van der Waals surface area contributed by atoms with E-state index in [1.54, 1.807) is 18.9 Å². The minimum absolute atomic E-state index is 0.0711. The second-order valence-electron chi connectivity index (χ2n) is 5.43. The van der Waals surface area contributed by atoms with Crippen molar-refractivity contribution in [2.75, 3.05) is 18.2 Å². The quantitative estimate of drug-likeness (QED) is 0.448. The van der Waals surface area contributed by atoms with Gasteiger partial charge in [-0.1, -0.05) is 11.3 Å². The van der Waals surface area contributed by atoms with E-state index in [-0.39, 0.29) is 16.6 Å². The van der Waals surface area contributed by atoms with Crippen molar-refractivity contribution in [2.45, 2.75) is 17.7 Å². The van der Waals surface area contributed by atoms with E-state index >= 15 is 0 Å². The molecule has 0 bridgehead atoms. The fourth-order valence-electron chi connectivity index (χ4n) is 2.29. The smallest absolute Gasteiger partial charge is 0.226 e. The fourth-order valence-corrected chi connectivity index (χ4v) is 4.06. The lowest BCUT2D eigenvalue weighted by Gasteiger charge is -2.04. The fraction of sp³-hybridized carbons (Fsp3) is 0.222. The molecule has 0 fully saturated rings. The van der Waals surface area contributed by atoms with Gasteiger partial charge in [0.1, 0.15) is 17.1 Å². The van der Waals surface area contributed by atoms with Gasteiger partial charge in [0, 0.05) is 17.4 Å². The molecule has 0 radical (unpaired) electrons. The number of amides is 1. The molecule has 1 N–H and O–H groups in total. The molecule has 0 saturated heterocycles. The minimum atomic E-state index is -0.729. The van der Waals surface area contributed by atoms with Crippen molar-refractivity contribution in [3.05, 3.63) is 48.0 Å².